The molecule has 0 fully saturated rings. The highest BCUT2D eigenvalue weighted by atomic mass is 28.2. The Morgan fingerprint density at radius 1 is 1.83 bits per heavy atom. The summed E-state index contributed by atoms with van der Waals surface area (Å²) in [5.41, 5.74) is 0. The van der Waals surface area contributed by atoms with Crippen molar-refractivity contribution in [3.63, 3.8) is 0 Å². The first kappa shape index (κ1) is 5.85. The molecule has 1 heterocycles. The van der Waals surface area contributed by atoms with Crippen molar-refractivity contribution in [2.24, 2.45) is 4.99 Å². The lowest BCUT2D eigenvalue weighted by Gasteiger charge is -1.54. The highest BCUT2D eigenvalue weighted by molar-refractivity contribution is 5.95. The SMILES string of the molecule is CC1C=N1.O[SiH3]. The van der Waals surface area contributed by atoms with E-state index < -0.39 is 0 Å². The van der Waals surface area contributed by atoms with Gasteiger partial charge in [0.05, 0.1) is 6.04 Å². The Hall–Kier alpha value is -0.153. The topological polar surface area (TPSA) is 32.6 Å². The monoisotopic (exact) mass is 103 g/mol. The fourth-order valence-electron chi connectivity index (χ4n) is 0.0861. The van der Waals surface area contributed by atoms with E-state index in [0.717, 1.165) is 0 Å². The highest BCUT2D eigenvalue weighted by Gasteiger charge is 1.99. The average Bonchev–Trinajstić information content (AvgIpc) is 2.30. The van der Waals surface area contributed by atoms with Crippen molar-refractivity contribution in [3.8, 4) is 0 Å². The van der Waals surface area contributed by atoms with E-state index in [-0.39, 0.29) is 0 Å². The Bertz CT molecular complexity index is 48.8. The molecule has 36 valence electrons. The van der Waals surface area contributed by atoms with E-state index in [0.29, 0.717) is 16.5 Å². The van der Waals surface area contributed by atoms with Crippen LogP contribution in [0.3, 0.4) is 0 Å². The lowest BCUT2D eigenvalue weighted by atomic mass is 10.6. The van der Waals surface area contributed by atoms with Crippen LogP contribution in [0.15, 0.2) is 4.99 Å². The van der Waals surface area contributed by atoms with Gasteiger partial charge in [0.1, 0.15) is 10.5 Å². The molecule has 0 aliphatic carbocycles. The van der Waals surface area contributed by atoms with E-state index in [1.807, 2.05) is 6.21 Å². The number of aliphatic imine (C=N–C) groups is 1. The summed E-state index contributed by atoms with van der Waals surface area (Å²) in [5.74, 6) is 0. The average molecular weight is 103 g/mol. The van der Waals surface area contributed by atoms with E-state index in [2.05, 4.69) is 11.9 Å². The van der Waals surface area contributed by atoms with Gasteiger partial charge in [0, 0.05) is 6.21 Å². The predicted octanol–water partition coefficient (Wildman–Crippen LogP) is -1.28. The smallest absolute Gasteiger partial charge is 0.141 e. The molecule has 0 aromatic rings. The summed E-state index contributed by atoms with van der Waals surface area (Å²) < 4.78 is 0. The number of hydrogen-bond acceptors (Lipinski definition) is 2. The van der Waals surface area contributed by atoms with Gasteiger partial charge in [-0.1, -0.05) is 0 Å². The quantitative estimate of drug-likeness (QED) is 0.380. The first-order chi connectivity index (χ1) is 2.89. The summed E-state index contributed by atoms with van der Waals surface area (Å²) in [4.78, 5) is 10.9. The zero-order valence-corrected chi connectivity index (χ0v) is 6.05. The fraction of sp³-hybridized carbons (Fsp3) is 0.667. The van der Waals surface area contributed by atoms with Crippen LogP contribution in [0.1, 0.15) is 6.92 Å². The largest absolute Gasteiger partial charge is 0.442 e. The van der Waals surface area contributed by atoms with Gasteiger partial charge >= 0.3 is 0 Å². The van der Waals surface area contributed by atoms with Gasteiger partial charge in [0.25, 0.3) is 0 Å². The molecule has 0 aromatic heterocycles. The first-order valence-electron chi connectivity index (χ1n) is 1.87. The van der Waals surface area contributed by atoms with Crippen LogP contribution in [0, 0.1) is 0 Å². The van der Waals surface area contributed by atoms with Gasteiger partial charge in [-0.2, -0.15) is 0 Å². The molecule has 1 unspecified atom stereocenters. The molecule has 1 aliphatic heterocycles. The van der Waals surface area contributed by atoms with Gasteiger partial charge in [-0.15, -0.1) is 0 Å². The van der Waals surface area contributed by atoms with E-state index in [1.165, 1.54) is 0 Å². The third kappa shape index (κ3) is 3.85. The van der Waals surface area contributed by atoms with Gasteiger partial charge in [0.2, 0.25) is 0 Å². The molecule has 2 nitrogen and oxygen atoms in total. The third-order valence-electron chi connectivity index (χ3n) is 0.447. The Morgan fingerprint density at radius 3 is 2.00 bits per heavy atom. The minimum absolute atomic E-state index is 0.306. The molecule has 0 aromatic carbocycles. The Morgan fingerprint density at radius 2 is 2.00 bits per heavy atom. The van der Waals surface area contributed by atoms with Crippen molar-refractivity contribution >= 4 is 16.7 Å². The van der Waals surface area contributed by atoms with Crippen LogP contribution >= 0.6 is 0 Å². The van der Waals surface area contributed by atoms with Crippen LogP contribution in [-0.4, -0.2) is 27.5 Å². The molecule has 0 spiro atoms. The van der Waals surface area contributed by atoms with E-state index in [4.69, 9.17) is 4.80 Å². The Kier molecular flexibility index (Phi) is 2.98. The zero-order chi connectivity index (χ0) is 4.99. The Balaban J connectivity index is 0.000000112. The van der Waals surface area contributed by atoms with Crippen molar-refractivity contribution < 1.29 is 4.80 Å². The molecule has 1 aliphatic rings. The maximum atomic E-state index is 7.14. The number of rotatable bonds is 0. The molecule has 0 bridgehead atoms. The maximum absolute atomic E-state index is 7.14. The third-order valence-corrected chi connectivity index (χ3v) is 0.447. The second-order valence-electron chi connectivity index (χ2n) is 1.04. The minimum Gasteiger partial charge on any atom is -0.442 e. The van der Waals surface area contributed by atoms with Crippen LogP contribution in [0.5, 0.6) is 0 Å². The van der Waals surface area contributed by atoms with Gasteiger partial charge in [-0.05, 0) is 6.92 Å². The number of hydrogen-bond donors (Lipinski definition) is 1. The van der Waals surface area contributed by atoms with Crippen LogP contribution in [-0.2, 0) is 0 Å². The Labute approximate surface area is 40.5 Å². The normalized spacial score (nSPS) is 25.3. The van der Waals surface area contributed by atoms with Crippen molar-refractivity contribution in [1.82, 2.24) is 0 Å². The van der Waals surface area contributed by atoms with Crippen LogP contribution in [0.2, 0.25) is 0 Å². The molecule has 1 rings (SSSR count). The van der Waals surface area contributed by atoms with Crippen LogP contribution in [0.25, 0.3) is 0 Å². The second kappa shape index (κ2) is 3.05. The van der Waals surface area contributed by atoms with E-state index in [9.17, 15) is 0 Å². The molecule has 0 saturated heterocycles. The van der Waals surface area contributed by atoms with E-state index in [1.54, 1.807) is 0 Å². The molecule has 1 N–H and O–H groups in total. The van der Waals surface area contributed by atoms with Gasteiger partial charge in [0.15, 0.2) is 0 Å². The van der Waals surface area contributed by atoms with Crippen molar-refractivity contribution in [3.05, 3.63) is 0 Å². The summed E-state index contributed by atoms with van der Waals surface area (Å²) >= 11 is 0. The van der Waals surface area contributed by atoms with Gasteiger partial charge < -0.3 is 4.80 Å². The van der Waals surface area contributed by atoms with Crippen LogP contribution < -0.4 is 0 Å². The molecule has 0 amide bonds. The van der Waals surface area contributed by atoms with Gasteiger partial charge in [-0.3, -0.25) is 4.99 Å². The summed E-state index contributed by atoms with van der Waals surface area (Å²) in [6, 6.07) is 0.583. The lowest BCUT2D eigenvalue weighted by molar-refractivity contribution is 0.629. The molecular formula is C3H9NOSi. The molecule has 1 atom stereocenters. The fourth-order valence-corrected chi connectivity index (χ4v) is 0.0861. The van der Waals surface area contributed by atoms with Crippen molar-refractivity contribution in [2.45, 2.75) is 13.0 Å². The highest BCUT2D eigenvalue weighted by Crippen LogP contribution is 1.94. The minimum atomic E-state index is 0.306. The molecule has 3 heteroatoms. The van der Waals surface area contributed by atoms with Crippen molar-refractivity contribution in [2.75, 3.05) is 0 Å². The molecule has 0 saturated carbocycles. The van der Waals surface area contributed by atoms with Crippen molar-refractivity contribution in [1.29, 1.82) is 0 Å². The molecule has 0 radical (unpaired) electrons. The summed E-state index contributed by atoms with van der Waals surface area (Å²) in [6.45, 7) is 2.06. The second-order valence-corrected chi connectivity index (χ2v) is 1.04. The summed E-state index contributed by atoms with van der Waals surface area (Å²) in [5, 5.41) is 0. The first-order valence-corrected chi connectivity index (χ1v) is 2.77. The zero-order valence-electron chi connectivity index (χ0n) is 4.05. The van der Waals surface area contributed by atoms with E-state index >= 15 is 0 Å². The lowest BCUT2D eigenvalue weighted by Crippen LogP contribution is -1.65. The van der Waals surface area contributed by atoms with Gasteiger partial charge in [-0.25, -0.2) is 0 Å². The molecule has 6 heavy (non-hydrogen) atoms. The molecular weight excluding hydrogens is 94.1 g/mol. The van der Waals surface area contributed by atoms with Crippen LogP contribution in [0.4, 0.5) is 0 Å². The number of nitrogens with zero attached hydrogens (tertiary/aromatic N) is 1. The summed E-state index contributed by atoms with van der Waals surface area (Å²) in [7, 11) is 0.306. The standard InChI is InChI=1S/C3H5N.H4OSi/c1-3-2-4-3;1-2/h2-3H,1H3;1H,2H3. The maximum Gasteiger partial charge on any atom is 0.141 e. The predicted molar refractivity (Wildman–Crippen MR) is 30.1 cm³/mol. The summed E-state index contributed by atoms with van der Waals surface area (Å²) in [6.07, 6.45) is 1.92.